The molecule has 0 bridgehead atoms. The molecule has 1 aliphatic carbocycles. The summed E-state index contributed by atoms with van der Waals surface area (Å²) in [5.41, 5.74) is 0. The molecule has 1 saturated carbocycles. The summed E-state index contributed by atoms with van der Waals surface area (Å²) in [7, 11) is 0. The van der Waals surface area contributed by atoms with E-state index >= 15 is 0 Å². The van der Waals surface area contributed by atoms with Crippen molar-refractivity contribution in [2.75, 3.05) is 6.54 Å². The Morgan fingerprint density at radius 3 is 2.68 bits per heavy atom. The van der Waals surface area contributed by atoms with E-state index in [0.29, 0.717) is 11.8 Å². The summed E-state index contributed by atoms with van der Waals surface area (Å²) in [6.07, 6.45) is 9.43. The molecule has 2 rings (SSSR count). The highest BCUT2D eigenvalue weighted by Crippen LogP contribution is 2.29. The van der Waals surface area contributed by atoms with Crippen LogP contribution in [-0.4, -0.2) is 29.6 Å². The number of rotatable bonds is 6. The molecule has 0 radical (unpaired) electrons. The van der Waals surface area contributed by atoms with Crippen LogP contribution in [0.4, 0.5) is 0 Å². The lowest BCUT2D eigenvalue weighted by Crippen LogP contribution is -2.36. The highest BCUT2D eigenvalue weighted by molar-refractivity contribution is 5.84. The Hall–Kier alpha value is -0.570. The summed E-state index contributed by atoms with van der Waals surface area (Å²) in [5.74, 6) is 1.70. The third-order valence-electron chi connectivity index (χ3n) is 5.14. The molecule has 2 aliphatic rings. The van der Waals surface area contributed by atoms with Crippen LogP contribution in [0.3, 0.4) is 0 Å². The van der Waals surface area contributed by atoms with Crippen LogP contribution >= 0.6 is 0 Å². The summed E-state index contributed by atoms with van der Waals surface area (Å²) >= 11 is 0. The molecular weight excluding hydrogens is 236 g/mol. The van der Waals surface area contributed by atoms with Crippen LogP contribution in [0.1, 0.15) is 65.7 Å². The van der Waals surface area contributed by atoms with Gasteiger partial charge in [-0.2, -0.15) is 0 Å². The summed E-state index contributed by atoms with van der Waals surface area (Å²) in [4.78, 5) is 14.5. The van der Waals surface area contributed by atoms with Gasteiger partial charge < -0.3 is 4.90 Å². The van der Waals surface area contributed by atoms with Gasteiger partial charge in [0.25, 0.3) is 0 Å². The molecule has 3 atom stereocenters. The number of amides is 1. The molecular formula is C16H30N2O. The monoisotopic (exact) mass is 266 g/mol. The van der Waals surface area contributed by atoms with Crippen molar-refractivity contribution >= 4 is 5.91 Å². The molecule has 0 aromatic heterocycles. The minimum atomic E-state index is 0.0477. The van der Waals surface area contributed by atoms with E-state index < -0.39 is 0 Å². The number of carbonyl (C=O) groups is 1. The smallest absolute Gasteiger partial charge is 0.241 e. The average Bonchev–Trinajstić information content (AvgIpc) is 3.00. The minimum absolute atomic E-state index is 0.0477. The lowest BCUT2D eigenvalue weighted by Gasteiger charge is -2.21. The highest BCUT2D eigenvalue weighted by atomic mass is 16.2. The largest absolute Gasteiger partial charge is 0.326 e. The van der Waals surface area contributed by atoms with Gasteiger partial charge in [-0.15, -0.1) is 0 Å². The molecule has 0 aromatic carbocycles. The number of carbonyl (C=O) groups excluding carboxylic acids is 1. The van der Waals surface area contributed by atoms with Crippen molar-refractivity contribution in [3.63, 3.8) is 0 Å². The van der Waals surface area contributed by atoms with E-state index in [-0.39, 0.29) is 12.2 Å². The summed E-state index contributed by atoms with van der Waals surface area (Å²) < 4.78 is 0. The van der Waals surface area contributed by atoms with E-state index in [1.807, 2.05) is 0 Å². The van der Waals surface area contributed by atoms with E-state index in [1.165, 1.54) is 38.5 Å². The molecule has 0 spiro atoms. The maximum atomic E-state index is 12.4. The third kappa shape index (κ3) is 3.50. The minimum Gasteiger partial charge on any atom is -0.326 e. The second kappa shape index (κ2) is 6.74. The first kappa shape index (κ1) is 14.8. The van der Waals surface area contributed by atoms with Crippen molar-refractivity contribution in [3.05, 3.63) is 0 Å². The Morgan fingerprint density at radius 1 is 1.37 bits per heavy atom. The van der Waals surface area contributed by atoms with Gasteiger partial charge in [0.15, 0.2) is 0 Å². The Balaban J connectivity index is 1.77. The highest BCUT2D eigenvalue weighted by Gasteiger charge is 2.38. The molecule has 0 aromatic rings. The average molecular weight is 266 g/mol. The lowest BCUT2D eigenvalue weighted by molar-refractivity contribution is -0.130. The van der Waals surface area contributed by atoms with Crippen LogP contribution in [0.25, 0.3) is 0 Å². The Labute approximate surface area is 118 Å². The zero-order valence-corrected chi connectivity index (χ0v) is 12.8. The molecule has 1 amide bonds. The van der Waals surface area contributed by atoms with Crippen LogP contribution in [0.15, 0.2) is 0 Å². The first-order valence-electron chi connectivity index (χ1n) is 8.20. The van der Waals surface area contributed by atoms with Crippen LogP contribution in [-0.2, 0) is 4.79 Å². The van der Waals surface area contributed by atoms with Gasteiger partial charge in [0, 0.05) is 6.54 Å². The molecule has 1 saturated heterocycles. The van der Waals surface area contributed by atoms with Crippen molar-refractivity contribution in [2.24, 2.45) is 11.8 Å². The van der Waals surface area contributed by atoms with Gasteiger partial charge >= 0.3 is 0 Å². The van der Waals surface area contributed by atoms with E-state index in [2.05, 4.69) is 31.0 Å². The number of nitrogens with one attached hydrogen (secondary N) is 1. The summed E-state index contributed by atoms with van der Waals surface area (Å²) in [5, 5.41) is 3.46. The second-order valence-electron chi connectivity index (χ2n) is 6.53. The van der Waals surface area contributed by atoms with Crippen molar-refractivity contribution in [1.29, 1.82) is 0 Å². The van der Waals surface area contributed by atoms with Crippen LogP contribution in [0.5, 0.6) is 0 Å². The van der Waals surface area contributed by atoms with Crippen molar-refractivity contribution < 1.29 is 4.79 Å². The molecule has 3 nitrogen and oxygen atoms in total. The number of hydrogen-bond donors (Lipinski definition) is 1. The topological polar surface area (TPSA) is 32.3 Å². The van der Waals surface area contributed by atoms with Gasteiger partial charge in [-0.05, 0) is 31.6 Å². The predicted octanol–water partition coefficient (Wildman–Crippen LogP) is 3.15. The maximum Gasteiger partial charge on any atom is 0.241 e. The van der Waals surface area contributed by atoms with E-state index in [1.54, 1.807) is 0 Å². The third-order valence-corrected chi connectivity index (χ3v) is 5.14. The molecule has 110 valence electrons. The van der Waals surface area contributed by atoms with Gasteiger partial charge in [0.05, 0.1) is 12.2 Å². The fourth-order valence-corrected chi connectivity index (χ4v) is 3.59. The SMILES string of the molecule is CCC(C)C1NC(C)N(CCCC2CCCC2)C1=O. The zero-order chi connectivity index (χ0) is 13.8. The molecule has 1 heterocycles. The van der Waals surface area contributed by atoms with E-state index in [4.69, 9.17) is 0 Å². The van der Waals surface area contributed by atoms with Crippen molar-refractivity contribution in [3.8, 4) is 0 Å². The summed E-state index contributed by atoms with van der Waals surface area (Å²) in [6, 6.07) is 0.0477. The molecule has 3 heteroatoms. The van der Waals surface area contributed by atoms with E-state index in [0.717, 1.165) is 18.9 Å². The predicted molar refractivity (Wildman–Crippen MR) is 78.7 cm³/mol. The standard InChI is InChI=1S/C16H30N2O/c1-4-12(2)15-16(19)18(13(3)17-15)11-7-10-14-8-5-6-9-14/h12-15,17H,4-11H2,1-3H3. The van der Waals surface area contributed by atoms with Crippen molar-refractivity contribution in [1.82, 2.24) is 10.2 Å². The fraction of sp³-hybridized carbons (Fsp3) is 0.938. The molecule has 3 unspecified atom stereocenters. The lowest BCUT2D eigenvalue weighted by atomic mass is 9.99. The van der Waals surface area contributed by atoms with Gasteiger partial charge in [-0.1, -0.05) is 46.0 Å². The zero-order valence-electron chi connectivity index (χ0n) is 12.8. The Morgan fingerprint density at radius 2 is 2.05 bits per heavy atom. The van der Waals surface area contributed by atoms with Crippen LogP contribution < -0.4 is 5.32 Å². The molecule has 1 aliphatic heterocycles. The normalized spacial score (nSPS) is 30.3. The van der Waals surface area contributed by atoms with Crippen molar-refractivity contribution in [2.45, 2.75) is 77.9 Å². The Bertz CT molecular complexity index is 299. The van der Waals surface area contributed by atoms with Gasteiger partial charge in [0.1, 0.15) is 0 Å². The molecule has 19 heavy (non-hydrogen) atoms. The Kier molecular flexibility index (Phi) is 5.26. The fourth-order valence-electron chi connectivity index (χ4n) is 3.59. The van der Waals surface area contributed by atoms with Gasteiger partial charge in [0.2, 0.25) is 5.91 Å². The molecule has 1 N–H and O–H groups in total. The van der Waals surface area contributed by atoms with E-state index in [9.17, 15) is 4.79 Å². The second-order valence-corrected chi connectivity index (χ2v) is 6.53. The maximum absolute atomic E-state index is 12.4. The van der Waals surface area contributed by atoms with Gasteiger partial charge in [-0.25, -0.2) is 0 Å². The summed E-state index contributed by atoms with van der Waals surface area (Å²) in [6.45, 7) is 7.39. The molecule has 2 fully saturated rings. The number of hydrogen-bond acceptors (Lipinski definition) is 2. The number of nitrogens with zero attached hydrogens (tertiary/aromatic N) is 1. The van der Waals surface area contributed by atoms with Crippen LogP contribution in [0, 0.1) is 11.8 Å². The first-order valence-corrected chi connectivity index (χ1v) is 8.20. The first-order chi connectivity index (χ1) is 9.13. The van der Waals surface area contributed by atoms with Gasteiger partial charge in [-0.3, -0.25) is 10.1 Å². The quantitative estimate of drug-likeness (QED) is 0.801. The van der Waals surface area contributed by atoms with Crippen LogP contribution in [0.2, 0.25) is 0 Å².